The van der Waals surface area contributed by atoms with Crippen LogP contribution in [0.3, 0.4) is 0 Å². The number of imidazole rings is 1. The predicted octanol–water partition coefficient (Wildman–Crippen LogP) is 7.41. The van der Waals surface area contributed by atoms with E-state index >= 15 is 0 Å². The summed E-state index contributed by atoms with van der Waals surface area (Å²) in [6.07, 6.45) is -1.16. The molecule has 0 radical (unpaired) electrons. The average Bonchev–Trinajstić information content (AvgIpc) is 3.93. The highest BCUT2D eigenvalue weighted by Gasteiger charge is 2.53. The molecule has 1 amide bonds. The zero-order chi connectivity index (χ0) is 50.2. The van der Waals surface area contributed by atoms with Crippen molar-refractivity contribution in [2.24, 2.45) is 5.92 Å². The maximum absolute atomic E-state index is 13.0. The number of sulfone groups is 1. The number of nitrogens with zero attached hydrogens (tertiary/aromatic N) is 7. The molecule has 70 heavy (non-hydrogen) atoms. The van der Waals surface area contributed by atoms with Crippen molar-refractivity contribution in [2.75, 3.05) is 57.3 Å². The molecule has 5 atom stereocenters. The molecule has 0 aliphatic carbocycles. The summed E-state index contributed by atoms with van der Waals surface area (Å²) in [5, 5.41) is 12.5. The lowest BCUT2D eigenvalue weighted by molar-refractivity contribution is -0.118. The number of carbonyl (C=O) groups excluding carboxylic acids is 1. The molecule has 5 aromatic rings. The average molecular weight is 1020 g/mol. The lowest BCUT2D eigenvalue weighted by Gasteiger charge is -2.39. The van der Waals surface area contributed by atoms with Gasteiger partial charge in [0.1, 0.15) is 35.6 Å². The van der Waals surface area contributed by atoms with Crippen LogP contribution in [0, 0.1) is 17.2 Å². The van der Waals surface area contributed by atoms with Gasteiger partial charge in [0.15, 0.2) is 39.2 Å². The molecule has 0 saturated carbocycles. The molecule has 0 spiro atoms. The van der Waals surface area contributed by atoms with Gasteiger partial charge < -0.3 is 42.9 Å². The number of hydrogen-bond donors (Lipinski definition) is 1. The van der Waals surface area contributed by atoms with E-state index in [1.54, 1.807) is 37.5 Å². The second-order valence-electron chi connectivity index (χ2n) is 17.7. The van der Waals surface area contributed by atoms with Crippen molar-refractivity contribution in [1.82, 2.24) is 29.1 Å². The van der Waals surface area contributed by atoms with E-state index in [9.17, 15) is 18.5 Å². The van der Waals surface area contributed by atoms with Crippen molar-refractivity contribution in [3.8, 4) is 17.6 Å². The van der Waals surface area contributed by atoms with E-state index in [1.807, 2.05) is 107 Å². The van der Waals surface area contributed by atoms with Gasteiger partial charge in [-0.2, -0.15) is 5.26 Å². The molecule has 7 rings (SSSR count). The predicted molar refractivity (Wildman–Crippen MR) is 269 cm³/mol. The summed E-state index contributed by atoms with van der Waals surface area (Å²) < 4.78 is 75.5. The number of rotatable bonds is 20. The van der Waals surface area contributed by atoms with Crippen LogP contribution in [-0.2, 0) is 43.5 Å². The van der Waals surface area contributed by atoms with Crippen LogP contribution >= 0.6 is 20.7 Å². The van der Waals surface area contributed by atoms with E-state index in [4.69, 9.17) is 44.9 Å². The Morgan fingerprint density at radius 3 is 2.06 bits per heavy atom. The normalized spacial score (nSPS) is 19.7. The van der Waals surface area contributed by atoms with Gasteiger partial charge in [-0.1, -0.05) is 68.4 Å². The number of amides is 1. The third-order valence-electron chi connectivity index (χ3n) is 12.0. The van der Waals surface area contributed by atoms with Crippen LogP contribution in [0.5, 0.6) is 11.5 Å². The SMILES string of the molecule is COc1ccc(C(OC[C@H]2O[C@@H](n3cnc4c(NC(=O)C(C)C)ncnc43)[C@H](OC(=S)N3CCS(=O)(=O)CC3)[C@@H]2OP(OCCC#N)N(C(C)C)C(C)C)(c2ccccc2)c2ccc(OC)cc2)cc1. The highest BCUT2D eigenvalue weighted by Crippen LogP contribution is 2.52. The van der Waals surface area contributed by atoms with Crippen LogP contribution in [0.4, 0.5) is 5.82 Å². The minimum absolute atomic E-state index is 0.0435. The number of fused-ring (bicyclic) bond motifs is 1. The summed E-state index contributed by atoms with van der Waals surface area (Å²) in [5.41, 5.74) is 1.73. The van der Waals surface area contributed by atoms with E-state index in [0.29, 0.717) is 22.7 Å². The fourth-order valence-corrected chi connectivity index (χ4v) is 11.7. The molecular formula is C49H61N8O10PS2. The molecule has 2 saturated heterocycles. The van der Waals surface area contributed by atoms with Crippen molar-refractivity contribution in [2.45, 2.75) is 90.2 Å². The second-order valence-corrected chi connectivity index (χ2v) is 21.7. The summed E-state index contributed by atoms with van der Waals surface area (Å²) in [6, 6.07) is 27.3. The van der Waals surface area contributed by atoms with Gasteiger partial charge in [0.25, 0.3) is 13.7 Å². The Morgan fingerprint density at radius 1 is 0.900 bits per heavy atom. The molecule has 2 fully saturated rings. The third-order valence-corrected chi connectivity index (χ3v) is 16.1. The molecule has 18 nitrogen and oxygen atoms in total. The van der Waals surface area contributed by atoms with Crippen LogP contribution in [0.25, 0.3) is 11.2 Å². The van der Waals surface area contributed by atoms with Crippen molar-refractivity contribution in [3.63, 3.8) is 0 Å². The monoisotopic (exact) mass is 1020 g/mol. The van der Waals surface area contributed by atoms with Gasteiger partial charge in [-0.15, -0.1) is 0 Å². The molecule has 2 aliphatic rings. The molecule has 2 aliphatic heterocycles. The fourth-order valence-electron chi connectivity index (χ4n) is 8.48. The fraction of sp³-hybridized carbons (Fsp3) is 0.469. The highest BCUT2D eigenvalue weighted by molar-refractivity contribution is 7.91. The zero-order valence-electron chi connectivity index (χ0n) is 40.6. The molecule has 374 valence electrons. The van der Waals surface area contributed by atoms with E-state index in [1.165, 1.54) is 12.7 Å². The number of carbonyl (C=O) groups is 1. The summed E-state index contributed by atoms with van der Waals surface area (Å²) in [4.78, 5) is 28.4. The smallest absolute Gasteiger partial charge is 0.259 e. The number of aromatic nitrogens is 4. The summed E-state index contributed by atoms with van der Waals surface area (Å²) >= 11 is 6.01. The minimum Gasteiger partial charge on any atom is -0.497 e. The topological polar surface area (TPSA) is 202 Å². The van der Waals surface area contributed by atoms with Crippen LogP contribution in [0.15, 0.2) is 91.5 Å². The number of nitriles is 1. The van der Waals surface area contributed by atoms with E-state index in [-0.39, 0.29) is 79.1 Å². The number of benzene rings is 3. The number of anilines is 1. The van der Waals surface area contributed by atoms with Crippen molar-refractivity contribution in [1.29, 1.82) is 5.26 Å². The lowest BCUT2D eigenvalue weighted by Crippen LogP contribution is -2.48. The zero-order valence-corrected chi connectivity index (χ0v) is 43.2. The van der Waals surface area contributed by atoms with E-state index < -0.39 is 48.5 Å². The summed E-state index contributed by atoms with van der Waals surface area (Å²) in [5.74, 6) is 0.734. The van der Waals surface area contributed by atoms with Crippen LogP contribution < -0.4 is 14.8 Å². The first-order valence-electron chi connectivity index (χ1n) is 23.1. The van der Waals surface area contributed by atoms with Gasteiger partial charge in [-0.25, -0.2) is 28.0 Å². The number of methoxy groups -OCH3 is 2. The van der Waals surface area contributed by atoms with Gasteiger partial charge in [0.05, 0.1) is 57.8 Å². The number of ether oxygens (including phenoxy) is 5. The Labute approximate surface area is 416 Å². The van der Waals surface area contributed by atoms with Gasteiger partial charge in [-0.05, 0) is 80.9 Å². The summed E-state index contributed by atoms with van der Waals surface area (Å²) in [7, 11) is -1.99. The molecule has 2 aromatic heterocycles. The molecule has 1 N–H and O–H groups in total. The van der Waals surface area contributed by atoms with Gasteiger partial charge in [0.2, 0.25) is 5.91 Å². The first-order valence-corrected chi connectivity index (χ1v) is 26.5. The van der Waals surface area contributed by atoms with Gasteiger partial charge >= 0.3 is 0 Å². The third kappa shape index (κ3) is 11.7. The summed E-state index contributed by atoms with van der Waals surface area (Å²) in [6.45, 7) is 11.9. The van der Waals surface area contributed by atoms with Crippen molar-refractivity contribution in [3.05, 3.63) is 108 Å². The number of thiocarbonyl (C=S) groups is 1. The maximum atomic E-state index is 13.0. The van der Waals surface area contributed by atoms with Crippen LogP contribution in [0.1, 0.15) is 70.9 Å². The molecular weight excluding hydrogens is 956 g/mol. The lowest BCUT2D eigenvalue weighted by atomic mass is 9.80. The Bertz CT molecular complexity index is 2640. The van der Waals surface area contributed by atoms with Crippen LogP contribution in [0.2, 0.25) is 0 Å². The first-order chi connectivity index (χ1) is 33.6. The second kappa shape index (κ2) is 23.2. The largest absolute Gasteiger partial charge is 0.497 e. The highest BCUT2D eigenvalue weighted by atomic mass is 32.2. The van der Waals surface area contributed by atoms with E-state index in [2.05, 4.69) is 31.0 Å². The van der Waals surface area contributed by atoms with Crippen molar-refractivity contribution < 1.29 is 45.9 Å². The first kappa shape index (κ1) is 52.5. The Balaban J connectivity index is 1.40. The Morgan fingerprint density at radius 2 is 1.50 bits per heavy atom. The number of hydrogen-bond acceptors (Lipinski definition) is 16. The molecule has 21 heteroatoms. The molecule has 4 heterocycles. The minimum atomic E-state index is -3.27. The van der Waals surface area contributed by atoms with Crippen molar-refractivity contribution >= 4 is 58.6 Å². The molecule has 3 aromatic carbocycles. The Kier molecular flexibility index (Phi) is 17.4. The number of nitrogens with one attached hydrogen (secondary N) is 1. The van der Waals surface area contributed by atoms with E-state index in [0.717, 1.165) is 16.7 Å². The molecule has 0 bridgehead atoms. The standard InChI is InChI=1S/C49H61N8O10PS2/c1-32(2)46(58)54-44-41-45(52-30-51-44)56(31-53-41)47-43(66-48(69)55-24-27-70(59,60)28-25-55)42(67-68(64-26-12-23-50)57(33(3)4)34(5)6)40(65-47)29-63-49(35-13-10-9-11-14-35,36-15-19-38(61-7)20-16-36)37-17-21-39(62-8)22-18-37/h9-11,13-22,30-34,40,42-43,47H,12,24-29H2,1-8H3,(H,51,52,54,58)/t40-,42-,43-,47-,68?/m1/s1. The Hall–Kier alpha value is -5.36. The molecule has 1 unspecified atom stereocenters. The van der Waals surface area contributed by atoms with Gasteiger partial charge in [-0.3, -0.25) is 9.36 Å². The quantitative estimate of drug-likeness (QED) is 0.0349. The maximum Gasteiger partial charge on any atom is 0.259 e. The van der Waals surface area contributed by atoms with Crippen LogP contribution in [-0.4, -0.2) is 131 Å². The van der Waals surface area contributed by atoms with Gasteiger partial charge in [0, 0.05) is 31.1 Å².